The van der Waals surface area contributed by atoms with Gasteiger partial charge in [0.25, 0.3) is 10.0 Å². The third-order valence-corrected chi connectivity index (χ3v) is 4.70. The van der Waals surface area contributed by atoms with Crippen molar-refractivity contribution in [1.29, 1.82) is 0 Å². The molecule has 0 aromatic carbocycles. The number of aromatic nitrogens is 3. The maximum absolute atomic E-state index is 12.2. The lowest BCUT2D eigenvalue weighted by molar-refractivity contribution is 0.601. The highest BCUT2D eigenvalue weighted by Crippen LogP contribution is 2.23. The van der Waals surface area contributed by atoms with Crippen LogP contribution in [0.25, 0.3) is 0 Å². The van der Waals surface area contributed by atoms with Crippen LogP contribution in [-0.4, -0.2) is 23.6 Å². The van der Waals surface area contributed by atoms with Gasteiger partial charge in [0.05, 0.1) is 5.69 Å². The minimum atomic E-state index is -3.80. The summed E-state index contributed by atoms with van der Waals surface area (Å²) in [6, 6.07) is 1.46. The molecule has 0 aliphatic carbocycles. The van der Waals surface area contributed by atoms with Crippen LogP contribution in [0.1, 0.15) is 11.9 Å². The molecule has 0 unspecified atom stereocenters. The van der Waals surface area contributed by atoms with Gasteiger partial charge in [-0.15, -0.1) is 10.2 Å². The molecular weight excluding hydrogens is 288 g/mol. The molecule has 102 valence electrons. The monoisotopic (exact) mass is 300 g/mol. The van der Waals surface area contributed by atoms with Crippen LogP contribution in [0.15, 0.2) is 23.4 Å². The van der Waals surface area contributed by atoms with Gasteiger partial charge in [-0.3, -0.25) is 15.5 Å². The molecule has 0 saturated carbocycles. The van der Waals surface area contributed by atoms with E-state index in [1.54, 1.807) is 0 Å². The number of aryl methyl sites for hydroxylation is 1. The largest absolute Gasteiger partial charge is 0.323 e. The summed E-state index contributed by atoms with van der Waals surface area (Å²) in [7, 11) is -3.80. The van der Waals surface area contributed by atoms with E-state index in [0.717, 1.165) is 5.01 Å². The summed E-state index contributed by atoms with van der Waals surface area (Å²) in [4.78, 5) is 3.72. The Hall–Kier alpha value is -1.78. The second kappa shape index (κ2) is 5.47. The first-order valence-corrected chi connectivity index (χ1v) is 7.62. The number of nitrogen functional groups attached to an aromatic ring is 1. The van der Waals surface area contributed by atoms with Crippen molar-refractivity contribution in [2.45, 2.75) is 18.2 Å². The van der Waals surface area contributed by atoms with E-state index < -0.39 is 10.0 Å². The summed E-state index contributed by atoms with van der Waals surface area (Å²) in [5.74, 6) is 5.27. The fourth-order valence-electron chi connectivity index (χ4n) is 1.32. The van der Waals surface area contributed by atoms with Crippen molar-refractivity contribution in [3.8, 4) is 0 Å². The first-order chi connectivity index (χ1) is 9.06. The number of hydrogen-bond donors (Lipinski definition) is 3. The highest BCUT2D eigenvalue weighted by Gasteiger charge is 2.20. The van der Waals surface area contributed by atoms with Gasteiger partial charge in [0, 0.05) is 12.4 Å². The van der Waals surface area contributed by atoms with Crippen molar-refractivity contribution < 1.29 is 8.42 Å². The lowest BCUT2D eigenvalue weighted by Gasteiger charge is -2.08. The summed E-state index contributed by atoms with van der Waals surface area (Å²) in [5, 5.41) is 8.56. The quantitative estimate of drug-likeness (QED) is 0.545. The molecule has 0 atom stereocenters. The predicted molar refractivity (Wildman–Crippen MR) is 72.1 cm³/mol. The number of hydrazine groups is 1. The summed E-state index contributed by atoms with van der Waals surface area (Å²) >= 11 is 1.18. The Kier molecular flexibility index (Phi) is 3.93. The highest BCUT2D eigenvalue weighted by molar-refractivity contribution is 7.93. The zero-order chi connectivity index (χ0) is 13.9. The van der Waals surface area contributed by atoms with Crippen LogP contribution in [0.5, 0.6) is 0 Å². The van der Waals surface area contributed by atoms with Crippen LogP contribution >= 0.6 is 11.3 Å². The zero-order valence-corrected chi connectivity index (χ0v) is 11.6. The standard InChI is InChI=1S/C9H12N6O2S2/c1-2-8-13-14-9(18-8)15-19(16,17)7-5-11-4-3-6(7)12-10/h3-5H,2,10H2,1H3,(H,11,12)(H,14,15). The molecule has 0 radical (unpaired) electrons. The lowest BCUT2D eigenvalue weighted by Crippen LogP contribution is -2.17. The fourth-order valence-corrected chi connectivity index (χ4v) is 3.34. The van der Waals surface area contributed by atoms with Crippen molar-refractivity contribution in [2.24, 2.45) is 5.84 Å². The average molecular weight is 300 g/mol. The fraction of sp³-hybridized carbons (Fsp3) is 0.222. The molecule has 2 aromatic rings. The number of rotatable bonds is 5. The topological polar surface area (TPSA) is 123 Å². The van der Waals surface area contributed by atoms with E-state index in [2.05, 4.69) is 25.3 Å². The van der Waals surface area contributed by atoms with E-state index >= 15 is 0 Å². The minimum Gasteiger partial charge on any atom is -0.323 e. The summed E-state index contributed by atoms with van der Waals surface area (Å²) in [5.41, 5.74) is 2.56. The van der Waals surface area contributed by atoms with Gasteiger partial charge in [-0.05, 0) is 12.5 Å². The van der Waals surface area contributed by atoms with Gasteiger partial charge in [-0.1, -0.05) is 18.3 Å². The molecule has 0 fully saturated rings. The molecule has 2 aromatic heterocycles. The molecule has 2 rings (SSSR count). The van der Waals surface area contributed by atoms with Gasteiger partial charge < -0.3 is 5.43 Å². The number of nitrogens with one attached hydrogen (secondary N) is 2. The van der Waals surface area contributed by atoms with Gasteiger partial charge >= 0.3 is 0 Å². The third-order valence-electron chi connectivity index (χ3n) is 2.22. The first kappa shape index (κ1) is 13.6. The molecule has 10 heteroatoms. The molecule has 8 nitrogen and oxygen atoms in total. The van der Waals surface area contributed by atoms with E-state index in [4.69, 9.17) is 5.84 Å². The van der Waals surface area contributed by atoms with Crippen molar-refractivity contribution in [3.63, 3.8) is 0 Å². The second-order valence-corrected chi connectivity index (χ2v) is 6.19. The van der Waals surface area contributed by atoms with Crippen LogP contribution in [0.3, 0.4) is 0 Å². The Balaban J connectivity index is 2.32. The number of nitrogens with two attached hydrogens (primary N) is 1. The average Bonchev–Trinajstić information content (AvgIpc) is 2.85. The molecule has 0 aliphatic heterocycles. The Labute approximate surface area is 114 Å². The molecule has 19 heavy (non-hydrogen) atoms. The third kappa shape index (κ3) is 2.97. The first-order valence-electron chi connectivity index (χ1n) is 5.32. The van der Waals surface area contributed by atoms with Crippen molar-refractivity contribution in [1.82, 2.24) is 15.2 Å². The number of hydrogen-bond acceptors (Lipinski definition) is 8. The van der Waals surface area contributed by atoms with Crippen LogP contribution < -0.4 is 16.0 Å². The van der Waals surface area contributed by atoms with Crippen LogP contribution in [-0.2, 0) is 16.4 Å². The minimum absolute atomic E-state index is 0.0502. The normalized spacial score (nSPS) is 11.3. The Bertz CT molecular complexity index is 669. The summed E-state index contributed by atoms with van der Waals surface area (Å²) in [6.07, 6.45) is 3.34. The van der Waals surface area contributed by atoms with Crippen LogP contribution in [0.4, 0.5) is 10.8 Å². The van der Waals surface area contributed by atoms with E-state index in [9.17, 15) is 8.42 Å². The molecule has 0 saturated heterocycles. The summed E-state index contributed by atoms with van der Waals surface area (Å²) in [6.45, 7) is 1.91. The molecule has 4 N–H and O–H groups in total. The number of sulfonamides is 1. The lowest BCUT2D eigenvalue weighted by atomic mass is 10.4. The highest BCUT2D eigenvalue weighted by atomic mass is 32.2. The van der Waals surface area contributed by atoms with E-state index in [1.807, 2.05) is 6.92 Å². The number of nitrogens with zero attached hydrogens (tertiary/aromatic N) is 3. The summed E-state index contributed by atoms with van der Waals surface area (Å²) < 4.78 is 26.7. The molecule has 0 amide bonds. The van der Waals surface area contributed by atoms with Crippen LogP contribution in [0, 0.1) is 0 Å². The SMILES string of the molecule is CCc1nnc(NS(=O)(=O)c2cnccc2NN)s1. The van der Waals surface area contributed by atoms with E-state index in [-0.39, 0.29) is 15.7 Å². The second-order valence-electron chi connectivity index (χ2n) is 3.48. The maximum Gasteiger partial charge on any atom is 0.267 e. The Morgan fingerprint density at radius 2 is 2.21 bits per heavy atom. The maximum atomic E-state index is 12.2. The van der Waals surface area contributed by atoms with Gasteiger partial charge in [0.15, 0.2) is 0 Å². The van der Waals surface area contributed by atoms with Gasteiger partial charge in [0.1, 0.15) is 9.90 Å². The van der Waals surface area contributed by atoms with Gasteiger partial charge in [-0.2, -0.15) is 0 Å². The Morgan fingerprint density at radius 1 is 1.42 bits per heavy atom. The zero-order valence-electron chi connectivity index (χ0n) is 9.99. The van der Waals surface area contributed by atoms with Crippen molar-refractivity contribution in [3.05, 3.63) is 23.5 Å². The van der Waals surface area contributed by atoms with Crippen molar-refractivity contribution in [2.75, 3.05) is 10.1 Å². The smallest absolute Gasteiger partial charge is 0.267 e. The number of anilines is 2. The molecule has 0 aliphatic rings. The van der Waals surface area contributed by atoms with E-state index in [0.29, 0.717) is 6.42 Å². The molecular formula is C9H12N6O2S2. The Morgan fingerprint density at radius 3 is 2.84 bits per heavy atom. The van der Waals surface area contributed by atoms with Gasteiger partial charge in [-0.25, -0.2) is 8.42 Å². The van der Waals surface area contributed by atoms with Crippen molar-refractivity contribution >= 4 is 32.2 Å². The van der Waals surface area contributed by atoms with Gasteiger partial charge in [0.2, 0.25) is 5.13 Å². The van der Waals surface area contributed by atoms with Crippen LogP contribution in [0.2, 0.25) is 0 Å². The number of pyridine rings is 1. The molecule has 0 bridgehead atoms. The predicted octanol–water partition coefficient (Wildman–Crippen LogP) is 0.582. The molecule has 0 spiro atoms. The van der Waals surface area contributed by atoms with E-state index in [1.165, 1.54) is 29.8 Å². The molecule has 2 heterocycles.